The average molecular weight is 455 g/mol. The Morgan fingerprint density at radius 2 is 1.81 bits per heavy atom. The fourth-order valence-electron chi connectivity index (χ4n) is 3.02. The molecule has 0 radical (unpaired) electrons. The molecular formula is C20H20F3N3O4S. The number of alkyl halides is 3. The van der Waals surface area contributed by atoms with Crippen LogP contribution in [0.3, 0.4) is 0 Å². The third-order valence-electron chi connectivity index (χ3n) is 4.49. The van der Waals surface area contributed by atoms with Crippen LogP contribution in [0.1, 0.15) is 31.4 Å². The summed E-state index contributed by atoms with van der Waals surface area (Å²) in [4.78, 5) is 11.3. The van der Waals surface area contributed by atoms with Crippen molar-refractivity contribution in [2.45, 2.75) is 36.9 Å². The Morgan fingerprint density at radius 3 is 2.39 bits per heavy atom. The van der Waals surface area contributed by atoms with E-state index in [4.69, 9.17) is 4.74 Å². The highest BCUT2D eigenvalue weighted by atomic mass is 32.2. The number of hydrazone groups is 1. The largest absolute Gasteiger partial charge is 0.449 e. The Morgan fingerprint density at radius 1 is 1.16 bits per heavy atom. The predicted molar refractivity (Wildman–Crippen MR) is 108 cm³/mol. The van der Waals surface area contributed by atoms with Gasteiger partial charge in [-0.05, 0) is 36.2 Å². The van der Waals surface area contributed by atoms with E-state index in [0.717, 1.165) is 0 Å². The minimum atomic E-state index is -4.58. The Hall–Kier alpha value is -3.08. The molecule has 2 aromatic carbocycles. The second-order valence-corrected chi connectivity index (χ2v) is 8.44. The second-order valence-electron chi connectivity index (χ2n) is 6.75. The molecule has 1 atom stereocenters. The third kappa shape index (κ3) is 5.35. The highest BCUT2D eigenvalue weighted by Gasteiger charge is 2.43. The number of anilines is 1. The van der Waals surface area contributed by atoms with Crippen LogP contribution < -0.4 is 9.73 Å². The summed E-state index contributed by atoms with van der Waals surface area (Å²) < 4.78 is 71.0. The molecule has 1 aliphatic rings. The Balaban J connectivity index is 1.84. The molecule has 0 fully saturated rings. The highest BCUT2D eigenvalue weighted by Crippen LogP contribution is 2.39. The van der Waals surface area contributed by atoms with Crippen molar-refractivity contribution in [3.63, 3.8) is 0 Å². The molecule has 0 aromatic heterocycles. The van der Waals surface area contributed by atoms with Gasteiger partial charge >= 0.3 is 12.3 Å². The number of carbonyl (C=O) groups excluding carboxylic acids is 1. The standard InChI is InChI=1S/C20H20F3N3O4S/c1-2-12-30-19(27)25-31(28,29)16-10-8-14(9-11-16)17-13-18(20(21,22)23)24-26(17)15-6-4-3-5-7-15/h3-11,17H,2,12-13H2,1H3,(H,25,27). The van der Waals surface area contributed by atoms with Crippen molar-refractivity contribution in [1.29, 1.82) is 0 Å². The summed E-state index contributed by atoms with van der Waals surface area (Å²) in [7, 11) is -4.18. The van der Waals surface area contributed by atoms with Crippen LogP contribution in [0.4, 0.5) is 23.7 Å². The lowest BCUT2D eigenvalue weighted by Crippen LogP contribution is -2.31. The number of benzene rings is 2. The number of hydrogen-bond acceptors (Lipinski definition) is 6. The van der Waals surface area contributed by atoms with Crippen LogP contribution in [0.25, 0.3) is 0 Å². The van der Waals surface area contributed by atoms with Crippen molar-refractivity contribution >= 4 is 27.5 Å². The smallest absolute Gasteiger partial charge is 0.431 e. The van der Waals surface area contributed by atoms with Gasteiger partial charge in [-0.2, -0.15) is 18.3 Å². The summed E-state index contributed by atoms with van der Waals surface area (Å²) in [5.41, 5.74) is 0.00142. The van der Waals surface area contributed by atoms with Crippen LogP contribution in [-0.4, -0.2) is 33.0 Å². The third-order valence-corrected chi connectivity index (χ3v) is 5.82. The lowest BCUT2D eigenvalue weighted by Gasteiger charge is -2.24. The van der Waals surface area contributed by atoms with Crippen LogP contribution in [0.5, 0.6) is 0 Å². The zero-order valence-corrected chi connectivity index (χ0v) is 17.3. The van der Waals surface area contributed by atoms with Crippen LogP contribution in [0.2, 0.25) is 0 Å². The van der Waals surface area contributed by atoms with Gasteiger partial charge in [0.2, 0.25) is 0 Å². The molecule has 0 saturated carbocycles. The van der Waals surface area contributed by atoms with Gasteiger partial charge in [0.1, 0.15) is 5.71 Å². The number of ether oxygens (including phenoxy) is 1. The molecule has 3 rings (SSSR count). The number of hydrogen-bond donors (Lipinski definition) is 1. The molecule has 2 aromatic rings. The Bertz CT molecular complexity index is 1060. The number of nitrogens with one attached hydrogen (secondary N) is 1. The van der Waals surface area contributed by atoms with Crippen molar-refractivity contribution in [3.8, 4) is 0 Å². The van der Waals surface area contributed by atoms with Crippen LogP contribution in [0.15, 0.2) is 64.6 Å². The fourth-order valence-corrected chi connectivity index (χ4v) is 3.91. The molecule has 166 valence electrons. The van der Waals surface area contributed by atoms with E-state index in [1.54, 1.807) is 42.0 Å². The van der Waals surface area contributed by atoms with Crippen LogP contribution in [0, 0.1) is 0 Å². The van der Waals surface area contributed by atoms with Crippen molar-refractivity contribution in [1.82, 2.24) is 4.72 Å². The monoisotopic (exact) mass is 455 g/mol. The quantitative estimate of drug-likeness (QED) is 0.698. The summed E-state index contributed by atoms with van der Waals surface area (Å²) in [6.07, 6.45) is -5.52. The summed E-state index contributed by atoms with van der Waals surface area (Å²) in [6, 6.07) is 12.9. The van der Waals surface area contributed by atoms with Gasteiger partial charge in [0.25, 0.3) is 10.0 Å². The van der Waals surface area contributed by atoms with Gasteiger partial charge in [0.15, 0.2) is 0 Å². The number of amides is 1. The van der Waals surface area contributed by atoms with E-state index in [9.17, 15) is 26.4 Å². The molecule has 0 bridgehead atoms. The van der Waals surface area contributed by atoms with E-state index < -0.39 is 34.0 Å². The zero-order chi connectivity index (χ0) is 22.6. The molecule has 7 nitrogen and oxygen atoms in total. The zero-order valence-electron chi connectivity index (χ0n) is 16.5. The van der Waals surface area contributed by atoms with E-state index >= 15 is 0 Å². The Labute approximate surface area is 177 Å². The van der Waals surface area contributed by atoms with Gasteiger partial charge in [0, 0.05) is 6.42 Å². The minimum Gasteiger partial charge on any atom is -0.449 e. The van der Waals surface area contributed by atoms with Gasteiger partial charge < -0.3 is 4.74 Å². The summed E-state index contributed by atoms with van der Waals surface area (Å²) in [5.74, 6) is 0. The van der Waals surface area contributed by atoms with Gasteiger partial charge in [0.05, 0.1) is 23.2 Å². The minimum absolute atomic E-state index is 0.0683. The summed E-state index contributed by atoms with van der Waals surface area (Å²) in [6.45, 7) is 1.83. The molecule has 1 unspecified atom stereocenters. The summed E-state index contributed by atoms with van der Waals surface area (Å²) >= 11 is 0. The van der Waals surface area contributed by atoms with Crippen molar-refractivity contribution in [2.24, 2.45) is 5.10 Å². The average Bonchev–Trinajstić information content (AvgIpc) is 3.19. The predicted octanol–water partition coefficient (Wildman–Crippen LogP) is 4.38. The fraction of sp³-hybridized carbons (Fsp3) is 0.300. The molecule has 1 heterocycles. The van der Waals surface area contributed by atoms with Gasteiger partial charge in [-0.25, -0.2) is 17.9 Å². The second kappa shape index (κ2) is 8.96. The lowest BCUT2D eigenvalue weighted by atomic mass is 10.0. The lowest BCUT2D eigenvalue weighted by molar-refractivity contribution is -0.0600. The number of sulfonamides is 1. The van der Waals surface area contributed by atoms with Crippen molar-refractivity contribution < 1.29 is 31.1 Å². The van der Waals surface area contributed by atoms with Crippen molar-refractivity contribution in [3.05, 3.63) is 60.2 Å². The van der Waals surface area contributed by atoms with E-state index in [1.807, 2.05) is 0 Å². The van der Waals surface area contributed by atoms with Crippen LogP contribution >= 0.6 is 0 Å². The molecule has 31 heavy (non-hydrogen) atoms. The summed E-state index contributed by atoms with van der Waals surface area (Å²) in [5, 5.41) is 5.03. The number of para-hydroxylation sites is 1. The molecule has 0 saturated heterocycles. The van der Waals surface area contributed by atoms with Crippen molar-refractivity contribution in [2.75, 3.05) is 11.6 Å². The molecule has 11 heteroatoms. The normalized spacial score (nSPS) is 16.7. The number of halogens is 3. The molecule has 1 amide bonds. The van der Waals surface area contributed by atoms with Gasteiger partial charge in [-0.15, -0.1) is 0 Å². The number of nitrogens with zero attached hydrogens (tertiary/aromatic N) is 2. The van der Waals surface area contributed by atoms with Crippen LogP contribution in [-0.2, 0) is 14.8 Å². The van der Waals surface area contributed by atoms with E-state index in [-0.39, 0.29) is 17.9 Å². The maximum atomic E-state index is 13.3. The molecule has 1 aliphatic heterocycles. The molecular weight excluding hydrogens is 435 g/mol. The van der Waals surface area contributed by atoms with Gasteiger partial charge in [-0.1, -0.05) is 37.3 Å². The SMILES string of the molecule is CCCOC(=O)NS(=O)(=O)c1ccc(C2CC(C(F)(F)F)=NN2c2ccccc2)cc1. The maximum absolute atomic E-state index is 13.3. The van der Waals surface area contributed by atoms with E-state index in [1.165, 1.54) is 29.3 Å². The molecule has 0 aliphatic carbocycles. The first-order valence-electron chi connectivity index (χ1n) is 9.40. The topological polar surface area (TPSA) is 88.1 Å². The molecule has 0 spiro atoms. The van der Waals surface area contributed by atoms with E-state index in [2.05, 4.69) is 5.10 Å². The number of carbonyl (C=O) groups is 1. The highest BCUT2D eigenvalue weighted by molar-refractivity contribution is 7.90. The first kappa shape index (κ1) is 22.6. The number of rotatable bonds is 6. The van der Waals surface area contributed by atoms with Gasteiger partial charge in [-0.3, -0.25) is 5.01 Å². The molecule has 1 N–H and O–H groups in total. The maximum Gasteiger partial charge on any atom is 0.431 e. The Kier molecular flexibility index (Phi) is 6.54. The van der Waals surface area contributed by atoms with E-state index in [0.29, 0.717) is 17.7 Å². The first-order valence-corrected chi connectivity index (χ1v) is 10.9. The first-order chi connectivity index (χ1) is 14.6.